The molecule has 0 atom stereocenters. The van der Waals surface area contributed by atoms with Gasteiger partial charge >= 0.3 is 0 Å². The molecule has 0 aliphatic heterocycles. The van der Waals surface area contributed by atoms with Crippen LogP contribution >= 0.6 is 11.6 Å². The van der Waals surface area contributed by atoms with Gasteiger partial charge in [0.2, 0.25) is 0 Å². The predicted octanol–water partition coefficient (Wildman–Crippen LogP) is 3.81. The lowest BCUT2D eigenvalue weighted by atomic mass is 10.2. The van der Waals surface area contributed by atoms with E-state index in [-0.39, 0.29) is 0 Å². The Bertz CT molecular complexity index is 573. The number of nitrogens with one attached hydrogen (secondary N) is 1. The molecule has 0 aliphatic rings. The highest BCUT2D eigenvalue weighted by Crippen LogP contribution is 2.27. The molecule has 0 bridgehead atoms. The maximum atomic E-state index is 13.0. The quantitative estimate of drug-likeness (QED) is 0.831. The summed E-state index contributed by atoms with van der Waals surface area (Å²) in [5, 5.41) is 3.47. The van der Waals surface area contributed by atoms with Gasteiger partial charge in [-0.3, -0.25) is 0 Å². The first kappa shape index (κ1) is 12.6. The normalized spacial score (nSPS) is 10.4. The Morgan fingerprint density at radius 1 is 1.11 bits per heavy atom. The minimum Gasteiger partial charge on any atom is -0.396 e. The molecule has 0 unspecified atom stereocenters. The van der Waals surface area contributed by atoms with Crippen molar-refractivity contribution in [1.29, 1.82) is 0 Å². The lowest BCUT2D eigenvalue weighted by molar-refractivity contribution is 0.507. The number of hydrogen-bond acceptors (Lipinski definition) is 2. The van der Waals surface area contributed by atoms with Gasteiger partial charge in [0.05, 0.1) is 16.4 Å². The summed E-state index contributed by atoms with van der Waals surface area (Å²) in [6.45, 7) is 0.335. The summed E-state index contributed by atoms with van der Waals surface area (Å²) in [4.78, 5) is 0. The molecule has 94 valence electrons. The molecule has 0 aliphatic carbocycles. The van der Waals surface area contributed by atoms with E-state index in [9.17, 15) is 8.78 Å². The number of benzene rings is 2. The summed E-state index contributed by atoms with van der Waals surface area (Å²) < 4.78 is 25.7. The smallest absolute Gasteiger partial charge is 0.159 e. The molecule has 3 N–H and O–H groups in total. The minimum absolute atomic E-state index is 0.335. The van der Waals surface area contributed by atoms with Crippen molar-refractivity contribution < 1.29 is 8.78 Å². The van der Waals surface area contributed by atoms with Crippen molar-refractivity contribution >= 4 is 23.0 Å². The van der Waals surface area contributed by atoms with Gasteiger partial charge in [-0.2, -0.15) is 0 Å². The summed E-state index contributed by atoms with van der Waals surface area (Å²) in [6, 6.07) is 8.94. The third kappa shape index (κ3) is 2.71. The van der Waals surface area contributed by atoms with Crippen molar-refractivity contribution in [1.82, 2.24) is 0 Å². The van der Waals surface area contributed by atoms with Crippen LogP contribution in [0, 0.1) is 11.6 Å². The summed E-state index contributed by atoms with van der Waals surface area (Å²) in [5.74, 6) is -1.73. The van der Waals surface area contributed by atoms with Crippen LogP contribution in [-0.2, 0) is 6.54 Å². The molecule has 0 amide bonds. The molecule has 0 heterocycles. The Balaban J connectivity index is 2.11. The molecule has 2 aromatic carbocycles. The van der Waals surface area contributed by atoms with Gasteiger partial charge in [0.1, 0.15) is 0 Å². The first-order valence-corrected chi connectivity index (χ1v) is 5.67. The number of para-hydroxylation sites is 1. The molecule has 2 nitrogen and oxygen atoms in total. The summed E-state index contributed by atoms with van der Waals surface area (Å²) in [5.41, 5.74) is 7.48. The largest absolute Gasteiger partial charge is 0.396 e. The number of hydrogen-bond donors (Lipinski definition) is 2. The highest BCUT2D eigenvalue weighted by Gasteiger charge is 2.05. The van der Waals surface area contributed by atoms with Crippen molar-refractivity contribution in [3.05, 3.63) is 58.6 Å². The molecule has 2 rings (SSSR count). The van der Waals surface area contributed by atoms with Crippen LogP contribution in [0.25, 0.3) is 0 Å². The van der Waals surface area contributed by atoms with E-state index in [1.54, 1.807) is 18.2 Å². The van der Waals surface area contributed by atoms with Gasteiger partial charge in [0.15, 0.2) is 11.6 Å². The van der Waals surface area contributed by atoms with Crippen molar-refractivity contribution in [2.24, 2.45) is 0 Å². The van der Waals surface area contributed by atoms with Gasteiger partial charge in [-0.25, -0.2) is 8.78 Å². The lowest BCUT2D eigenvalue weighted by Crippen LogP contribution is -2.03. The van der Waals surface area contributed by atoms with Crippen molar-refractivity contribution in [3.8, 4) is 0 Å². The van der Waals surface area contributed by atoms with Gasteiger partial charge in [-0.1, -0.05) is 23.7 Å². The zero-order valence-electron chi connectivity index (χ0n) is 9.38. The van der Waals surface area contributed by atoms with E-state index < -0.39 is 11.6 Å². The fourth-order valence-corrected chi connectivity index (χ4v) is 1.71. The molecule has 18 heavy (non-hydrogen) atoms. The highest BCUT2D eigenvalue weighted by molar-refractivity contribution is 6.33. The van der Waals surface area contributed by atoms with Gasteiger partial charge in [0.25, 0.3) is 0 Å². The molecule has 0 fully saturated rings. The van der Waals surface area contributed by atoms with Crippen molar-refractivity contribution in [2.75, 3.05) is 11.1 Å². The Morgan fingerprint density at radius 2 is 1.89 bits per heavy atom. The van der Waals surface area contributed by atoms with Crippen LogP contribution in [0.15, 0.2) is 36.4 Å². The maximum Gasteiger partial charge on any atom is 0.159 e. The second kappa shape index (κ2) is 5.23. The standard InChI is InChI=1S/C13H11ClF2N2/c14-9-2-1-3-12(13(9)17)18-7-8-4-5-10(15)11(16)6-8/h1-6,18H,7,17H2. The fourth-order valence-electron chi connectivity index (χ4n) is 1.54. The molecule has 0 spiro atoms. The van der Waals surface area contributed by atoms with E-state index in [1.807, 2.05) is 0 Å². The molecule has 0 radical (unpaired) electrons. The molecule has 0 saturated heterocycles. The Morgan fingerprint density at radius 3 is 2.61 bits per heavy atom. The molecule has 2 aromatic rings. The van der Waals surface area contributed by atoms with Crippen LogP contribution in [0.5, 0.6) is 0 Å². The minimum atomic E-state index is -0.867. The maximum absolute atomic E-state index is 13.0. The van der Waals surface area contributed by atoms with Crippen LogP contribution in [-0.4, -0.2) is 0 Å². The first-order valence-electron chi connectivity index (χ1n) is 5.29. The number of nitrogens with two attached hydrogens (primary N) is 1. The van der Waals surface area contributed by atoms with Crippen molar-refractivity contribution in [3.63, 3.8) is 0 Å². The summed E-state index contributed by atoms with van der Waals surface area (Å²) in [7, 11) is 0. The van der Waals surface area contributed by atoms with Crippen LogP contribution in [0.3, 0.4) is 0 Å². The molecular formula is C13H11ClF2N2. The van der Waals surface area contributed by atoms with Gasteiger partial charge < -0.3 is 11.1 Å². The zero-order chi connectivity index (χ0) is 13.1. The number of halogens is 3. The Labute approximate surface area is 108 Å². The molecule has 0 saturated carbocycles. The third-order valence-corrected chi connectivity index (χ3v) is 2.85. The van der Waals surface area contributed by atoms with E-state index >= 15 is 0 Å². The van der Waals surface area contributed by atoms with E-state index in [2.05, 4.69) is 5.32 Å². The van der Waals surface area contributed by atoms with Crippen molar-refractivity contribution in [2.45, 2.75) is 6.54 Å². The molecule has 0 aromatic heterocycles. The van der Waals surface area contributed by atoms with Crippen LogP contribution in [0.1, 0.15) is 5.56 Å². The van der Waals surface area contributed by atoms with Gasteiger partial charge in [0, 0.05) is 6.54 Å². The van der Waals surface area contributed by atoms with E-state index in [0.717, 1.165) is 12.1 Å². The van der Waals surface area contributed by atoms with E-state index in [4.69, 9.17) is 17.3 Å². The lowest BCUT2D eigenvalue weighted by Gasteiger charge is -2.10. The summed E-state index contributed by atoms with van der Waals surface area (Å²) >= 11 is 5.87. The van der Waals surface area contributed by atoms with E-state index in [1.165, 1.54) is 6.07 Å². The predicted molar refractivity (Wildman–Crippen MR) is 69.5 cm³/mol. The number of rotatable bonds is 3. The topological polar surface area (TPSA) is 38.0 Å². The van der Waals surface area contributed by atoms with E-state index in [0.29, 0.717) is 28.5 Å². The average Bonchev–Trinajstić information content (AvgIpc) is 2.35. The third-order valence-electron chi connectivity index (χ3n) is 2.52. The highest BCUT2D eigenvalue weighted by atomic mass is 35.5. The second-order valence-corrected chi connectivity index (χ2v) is 4.21. The number of anilines is 2. The number of nitrogen functional groups attached to an aromatic ring is 1. The fraction of sp³-hybridized carbons (Fsp3) is 0.0769. The van der Waals surface area contributed by atoms with Gasteiger partial charge in [-0.05, 0) is 29.8 Å². The molecular weight excluding hydrogens is 258 g/mol. The monoisotopic (exact) mass is 268 g/mol. The Kier molecular flexibility index (Phi) is 3.67. The average molecular weight is 269 g/mol. The Hall–Kier alpha value is -1.81. The first-order chi connectivity index (χ1) is 8.58. The molecule has 5 heteroatoms. The van der Waals surface area contributed by atoms with Crippen LogP contribution < -0.4 is 11.1 Å². The summed E-state index contributed by atoms with van der Waals surface area (Å²) in [6.07, 6.45) is 0. The zero-order valence-corrected chi connectivity index (χ0v) is 10.1. The van der Waals surface area contributed by atoms with Crippen LogP contribution in [0.4, 0.5) is 20.2 Å². The van der Waals surface area contributed by atoms with Crippen LogP contribution in [0.2, 0.25) is 5.02 Å². The van der Waals surface area contributed by atoms with Gasteiger partial charge in [-0.15, -0.1) is 0 Å². The second-order valence-electron chi connectivity index (χ2n) is 3.80. The SMILES string of the molecule is Nc1c(Cl)cccc1NCc1ccc(F)c(F)c1.